The standard InChI is InChI=1S/C18H20BrClS/c1-3-14-7-10-18(19)16(4-2)17(14)12-21-11-13-5-8-15(20)9-6-13/h5-10H,3-4,11-12H2,1-2H3. The molecule has 0 heterocycles. The molecule has 0 aromatic heterocycles. The first-order valence-electron chi connectivity index (χ1n) is 7.27. The zero-order valence-corrected chi connectivity index (χ0v) is 15.6. The van der Waals surface area contributed by atoms with Gasteiger partial charge in [-0.2, -0.15) is 11.8 Å². The number of hydrogen-bond donors (Lipinski definition) is 0. The van der Waals surface area contributed by atoms with Crippen LogP contribution in [-0.2, 0) is 24.3 Å². The van der Waals surface area contributed by atoms with Crippen molar-refractivity contribution in [2.24, 2.45) is 0 Å². The van der Waals surface area contributed by atoms with E-state index in [1.807, 2.05) is 23.9 Å². The zero-order valence-electron chi connectivity index (χ0n) is 12.5. The molecular formula is C18H20BrClS. The van der Waals surface area contributed by atoms with Gasteiger partial charge in [-0.15, -0.1) is 0 Å². The molecule has 0 unspecified atom stereocenters. The summed E-state index contributed by atoms with van der Waals surface area (Å²) >= 11 is 11.6. The Bertz CT molecular complexity index is 593. The molecule has 0 amide bonds. The monoisotopic (exact) mass is 382 g/mol. The topological polar surface area (TPSA) is 0 Å². The van der Waals surface area contributed by atoms with E-state index in [-0.39, 0.29) is 0 Å². The number of halogens is 2. The summed E-state index contributed by atoms with van der Waals surface area (Å²) in [7, 11) is 0. The second kappa shape index (κ2) is 8.26. The van der Waals surface area contributed by atoms with E-state index in [1.165, 1.54) is 26.7 Å². The van der Waals surface area contributed by atoms with Gasteiger partial charge < -0.3 is 0 Å². The first-order valence-corrected chi connectivity index (χ1v) is 9.59. The van der Waals surface area contributed by atoms with E-state index in [2.05, 4.69) is 54.0 Å². The Hall–Kier alpha value is -0.440. The van der Waals surface area contributed by atoms with Crippen LogP contribution in [0, 0.1) is 0 Å². The summed E-state index contributed by atoms with van der Waals surface area (Å²) in [5.41, 5.74) is 5.76. The van der Waals surface area contributed by atoms with Gasteiger partial charge in [-0.05, 0) is 53.3 Å². The molecule has 0 bridgehead atoms. The Balaban J connectivity index is 2.08. The van der Waals surface area contributed by atoms with Gasteiger partial charge in [0.15, 0.2) is 0 Å². The molecular weight excluding hydrogens is 364 g/mol. The molecule has 112 valence electrons. The van der Waals surface area contributed by atoms with Gasteiger partial charge >= 0.3 is 0 Å². The van der Waals surface area contributed by atoms with Gasteiger partial charge in [-0.3, -0.25) is 0 Å². The van der Waals surface area contributed by atoms with Crippen LogP contribution in [0.5, 0.6) is 0 Å². The number of aryl methyl sites for hydroxylation is 1. The highest BCUT2D eigenvalue weighted by Crippen LogP contribution is 2.29. The summed E-state index contributed by atoms with van der Waals surface area (Å²) in [6.45, 7) is 4.46. The van der Waals surface area contributed by atoms with Gasteiger partial charge in [0.1, 0.15) is 0 Å². The van der Waals surface area contributed by atoms with Crippen LogP contribution in [0.25, 0.3) is 0 Å². The fourth-order valence-corrected chi connectivity index (χ4v) is 4.33. The third-order valence-corrected chi connectivity index (χ3v) is 5.66. The summed E-state index contributed by atoms with van der Waals surface area (Å²) < 4.78 is 1.24. The van der Waals surface area contributed by atoms with E-state index in [0.29, 0.717) is 0 Å². The van der Waals surface area contributed by atoms with Crippen molar-refractivity contribution < 1.29 is 0 Å². The van der Waals surface area contributed by atoms with Gasteiger partial charge in [0.2, 0.25) is 0 Å². The number of rotatable bonds is 6. The lowest BCUT2D eigenvalue weighted by Gasteiger charge is -2.15. The first kappa shape index (κ1) is 16.9. The molecule has 0 fully saturated rings. The van der Waals surface area contributed by atoms with Crippen LogP contribution in [0.1, 0.15) is 36.1 Å². The molecule has 0 saturated heterocycles. The maximum atomic E-state index is 5.93. The highest BCUT2D eigenvalue weighted by atomic mass is 79.9. The highest BCUT2D eigenvalue weighted by Gasteiger charge is 2.10. The molecule has 0 atom stereocenters. The van der Waals surface area contributed by atoms with Crippen LogP contribution >= 0.6 is 39.3 Å². The summed E-state index contributed by atoms with van der Waals surface area (Å²) in [5.74, 6) is 2.09. The van der Waals surface area contributed by atoms with Crippen LogP contribution < -0.4 is 0 Å². The van der Waals surface area contributed by atoms with Crippen molar-refractivity contribution in [3.8, 4) is 0 Å². The van der Waals surface area contributed by atoms with Gasteiger partial charge in [0.05, 0.1) is 0 Å². The molecule has 2 aromatic carbocycles. The molecule has 2 rings (SSSR count). The van der Waals surface area contributed by atoms with E-state index in [0.717, 1.165) is 29.4 Å². The number of hydrogen-bond acceptors (Lipinski definition) is 1. The molecule has 0 aliphatic rings. The number of thioether (sulfide) groups is 1. The molecule has 0 saturated carbocycles. The molecule has 21 heavy (non-hydrogen) atoms. The maximum Gasteiger partial charge on any atom is 0.0406 e. The average Bonchev–Trinajstić information content (AvgIpc) is 2.49. The van der Waals surface area contributed by atoms with Crippen LogP contribution in [0.15, 0.2) is 40.9 Å². The van der Waals surface area contributed by atoms with Crippen molar-refractivity contribution >= 4 is 39.3 Å². The molecule has 2 aromatic rings. The summed E-state index contributed by atoms with van der Waals surface area (Å²) in [5, 5.41) is 0.803. The SMILES string of the molecule is CCc1ccc(Br)c(CC)c1CSCc1ccc(Cl)cc1. The minimum absolute atomic E-state index is 0.803. The largest absolute Gasteiger partial charge is 0.152 e. The highest BCUT2D eigenvalue weighted by molar-refractivity contribution is 9.10. The van der Waals surface area contributed by atoms with Gasteiger partial charge in [0, 0.05) is 21.0 Å². The fraction of sp³-hybridized carbons (Fsp3) is 0.333. The Morgan fingerprint density at radius 3 is 2.24 bits per heavy atom. The normalized spacial score (nSPS) is 10.9. The van der Waals surface area contributed by atoms with Crippen molar-refractivity contribution in [3.05, 3.63) is 68.1 Å². The molecule has 0 radical (unpaired) electrons. The average molecular weight is 384 g/mol. The minimum atomic E-state index is 0.803. The lowest BCUT2D eigenvalue weighted by molar-refractivity contribution is 1.03. The summed E-state index contributed by atoms with van der Waals surface area (Å²) in [6, 6.07) is 12.6. The van der Waals surface area contributed by atoms with Crippen LogP contribution in [0.3, 0.4) is 0 Å². The van der Waals surface area contributed by atoms with E-state index >= 15 is 0 Å². The molecule has 3 heteroatoms. The Labute approximate surface area is 145 Å². The lowest BCUT2D eigenvalue weighted by Crippen LogP contribution is -1.99. The number of benzene rings is 2. The molecule has 0 spiro atoms. The van der Waals surface area contributed by atoms with E-state index < -0.39 is 0 Å². The van der Waals surface area contributed by atoms with Crippen molar-refractivity contribution in [1.82, 2.24) is 0 Å². The Morgan fingerprint density at radius 2 is 1.62 bits per heavy atom. The summed E-state index contributed by atoms with van der Waals surface area (Å²) in [4.78, 5) is 0. The van der Waals surface area contributed by atoms with Crippen LogP contribution in [0.4, 0.5) is 0 Å². The molecule has 0 nitrogen and oxygen atoms in total. The van der Waals surface area contributed by atoms with Crippen molar-refractivity contribution in [3.63, 3.8) is 0 Å². The zero-order chi connectivity index (χ0) is 15.2. The molecule has 0 aliphatic heterocycles. The molecule has 0 N–H and O–H groups in total. The predicted molar refractivity (Wildman–Crippen MR) is 99.3 cm³/mol. The molecule has 0 aliphatic carbocycles. The first-order chi connectivity index (χ1) is 10.2. The smallest absolute Gasteiger partial charge is 0.0406 e. The third-order valence-electron chi connectivity index (χ3n) is 3.63. The van der Waals surface area contributed by atoms with Crippen molar-refractivity contribution in [1.29, 1.82) is 0 Å². The maximum absolute atomic E-state index is 5.93. The van der Waals surface area contributed by atoms with Crippen molar-refractivity contribution in [2.45, 2.75) is 38.2 Å². The minimum Gasteiger partial charge on any atom is -0.152 e. The second-order valence-electron chi connectivity index (χ2n) is 4.99. The van der Waals surface area contributed by atoms with Gasteiger partial charge in [0.25, 0.3) is 0 Å². The van der Waals surface area contributed by atoms with Gasteiger partial charge in [-0.1, -0.05) is 59.6 Å². The quantitative estimate of drug-likeness (QED) is 0.537. The van der Waals surface area contributed by atoms with Gasteiger partial charge in [-0.25, -0.2) is 0 Å². The van der Waals surface area contributed by atoms with E-state index in [1.54, 1.807) is 0 Å². The fourth-order valence-electron chi connectivity index (χ4n) is 2.46. The third kappa shape index (κ3) is 4.51. The predicted octanol–water partition coefficient (Wildman–Crippen LogP) is 6.66. The Kier molecular flexibility index (Phi) is 6.66. The van der Waals surface area contributed by atoms with E-state index in [4.69, 9.17) is 11.6 Å². The summed E-state index contributed by atoms with van der Waals surface area (Å²) in [6.07, 6.45) is 2.17. The van der Waals surface area contributed by atoms with E-state index in [9.17, 15) is 0 Å². The van der Waals surface area contributed by atoms with Crippen molar-refractivity contribution in [2.75, 3.05) is 0 Å². The van der Waals surface area contributed by atoms with Crippen LogP contribution in [0.2, 0.25) is 5.02 Å². The van der Waals surface area contributed by atoms with Crippen LogP contribution in [-0.4, -0.2) is 0 Å². The Morgan fingerprint density at radius 1 is 0.905 bits per heavy atom. The second-order valence-corrected chi connectivity index (χ2v) is 7.27. The lowest BCUT2D eigenvalue weighted by atomic mass is 9.99.